The monoisotopic (exact) mass is 1420 g/mol. The first kappa shape index (κ1) is 74.0. The van der Waals surface area contributed by atoms with Gasteiger partial charge in [0, 0.05) is 41.1 Å². The number of carbonyl (C=O) groups excluding carboxylic acids is 7. The van der Waals surface area contributed by atoms with Gasteiger partial charge < -0.3 is 128 Å². The van der Waals surface area contributed by atoms with Crippen molar-refractivity contribution in [2.24, 2.45) is 23.1 Å². The number of carbonyl (C=O) groups is 8. The Labute approximate surface area is 571 Å². The molecule has 7 amide bonds. The Balaban J connectivity index is 1.18. The minimum absolute atomic E-state index is 0.0171. The predicted octanol–water partition coefficient (Wildman–Crippen LogP) is -0.305. The van der Waals surface area contributed by atoms with E-state index < -0.39 is 227 Å². The van der Waals surface area contributed by atoms with E-state index in [1.807, 2.05) is 13.8 Å². The number of aliphatic hydroxyl groups is 7. The molecule has 0 unspecified atom stereocenters. The van der Waals surface area contributed by atoms with Crippen LogP contribution >= 0.6 is 23.2 Å². The predicted molar refractivity (Wildman–Crippen MR) is 340 cm³/mol. The highest BCUT2D eigenvalue weighted by Gasteiger charge is 2.51. The van der Waals surface area contributed by atoms with Crippen LogP contribution in [0.3, 0.4) is 0 Å². The van der Waals surface area contributed by atoms with E-state index in [0.29, 0.717) is 6.42 Å². The number of nitrogens with two attached hydrogens (primary N) is 3. The summed E-state index contributed by atoms with van der Waals surface area (Å²) in [6.07, 6.45) is -20.9. The number of halogens is 2. The number of aliphatic carboxylic acids is 1. The molecule has 5 aromatic rings. The number of hydrogen-bond donors (Lipinski definition) is 19. The van der Waals surface area contributed by atoms with Crippen molar-refractivity contribution in [3.8, 4) is 57.1 Å². The molecule has 5 aliphatic heterocycles. The molecule has 22 N–H and O–H groups in total. The van der Waals surface area contributed by atoms with Crippen LogP contribution < -0.4 is 58.0 Å². The molecule has 5 aliphatic rings. The number of ether oxygens (including phenoxy) is 6. The summed E-state index contributed by atoms with van der Waals surface area (Å²) in [6.45, 7) is 4.01. The third-order valence-electron chi connectivity index (χ3n) is 16.7. The number of carboxylic acid groups (broad SMARTS) is 1. The van der Waals surface area contributed by atoms with Gasteiger partial charge >= 0.3 is 5.97 Å². The first-order chi connectivity index (χ1) is 46.6. The molecule has 10 rings (SSSR count). The lowest BCUT2D eigenvalue weighted by atomic mass is 9.89. The van der Waals surface area contributed by atoms with Gasteiger partial charge in [-0.15, -0.1) is 0 Å². The topological polar surface area (TPSA) is 553 Å². The second-order valence-corrected chi connectivity index (χ2v) is 25.5. The van der Waals surface area contributed by atoms with Crippen LogP contribution in [-0.2, 0) is 59.0 Å². The maximum atomic E-state index is 14.5. The van der Waals surface area contributed by atoms with Crippen molar-refractivity contribution in [2.45, 2.75) is 150 Å². The van der Waals surface area contributed by atoms with Crippen LogP contribution in [0.1, 0.15) is 98.6 Å². The van der Waals surface area contributed by atoms with Crippen molar-refractivity contribution >= 4 is 70.5 Å². The number of carboxylic acids is 1. The number of amides is 7. The van der Waals surface area contributed by atoms with E-state index >= 15 is 0 Å². The SMILES string of the molecule is CC(C)CCC(=O)N[C@H]1C(=O)N[C@@H](CC(N)=O)C(=O)N[C@@H](C(N)=O)c2cc(Oc3ccc([C@@H](O)[C@@H]4NC(=O)Cc5ccc(O)c(c5)-c5c(O)cc(O)cc5[C@H](C(=O)O)NC4=O)cc3Cl)c(O[C@H]3O[C@@H](CO)[C@H](O)[C@@H](O)[C@@H]3O[C@H]3C[C@](C)(N)[C@H](O)[C@H](O)O3)c(c2)Oc2ccc(cc2Cl)[C@H]1O. The third-order valence-corrected chi connectivity index (χ3v) is 17.3. The lowest BCUT2D eigenvalue weighted by Crippen LogP contribution is -2.65. The van der Waals surface area contributed by atoms with E-state index in [-0.39, 0.29) is 50.9 Å². The molecular weight excluding hydrogens is 1350 g/mol. The van der Waals surface area contributed by atoms with Crippen molar-refractivity contribution in [3.63, 3.8) is 0 Å². The average molecular weight is 1420 g/mol. The van der Waals surface area contributed by atoms with Gasteiger partial charge in [0.25, 0.3) is 0 Å². The summed E-state index contributed by atoms with van der Waals surface area (Å²) in [5.74, 6) is -14.5. The zero-order valence-corrected chi connectivity index (χ0v) is 54.1. The van der Waals surface area contributed by atoms with Crippen molar-refractivity contribution in [3.05, 3.63) is 117 Å². The summed E-state index contributed by atoms with van der Waals surface area (Å²) < 4.78 is 37.1. The molecule has 99 heavy (non-hydrogen) atoms. The molecule has 0 aromatic heterocycles. The van der Waals surface area contributed by atoms with Crippen LogP contribution in [0.4, 0.5) is 0 Å². The van der Waals surface area contributed by atoms with E-state index in [1.165, 1.54) is 31.2 Å². The standard InChI is InChI=1S/C64H72Cl2N8O25/c1-23(2)4-11-42(80)71-48-50(82)25-6-9-36(31(65)14-25)94-38-16-27(46(57(68)87)73-58(88)33(20-41(67)79)70-59(48)89)17-39(54(38)99-63-55(53(85)52(84)40(22-75)96-63)97-44-21-64(3,69)56(86)62(93)98-44)95-37-10-7-26(15-32(37)66)51(83)49-60(90)74-47(61(91)92)30-18-28(76)19-35(78)45(30)29-12-24(5-8-34(29)77)13-43(81)72-49/h5-10,12,14-19,23,33,40,44,46-53,55-56,62-63,75-78,82-86,93H,4,11,13,20-22,69H2,1-3H3,(H2,67,79)(H2,68,87)(H,70,89)(H,71,80)(H,72,81)(H,73,88)(H,74,90)(H,91,92)/t33-,40-,44+,46+,47+,48+,49-,50+,51+,52-,53+,55-,56+,62+,63+,64-/m0/s1. The Morgan fingerprint density at radius 3 is 2.14 bits per heavy atom. The number of rotatable bonds is 17. The number of aliphatic hydroxyl groups excluding tert-OH is 7. The van der Waals surface area contributed by atoms with Crippen LogP contribution in [0, 0.1) is 5.92 Å². The average Bonchev–Trinajstić information content (AvgIpc) is 0.778. The van der Waals surface area contributed by atoms with Gasteiger partial charge in [0.2, 0.25) is 53.4 Å². The summed E-state index contributed by atoms with van der Waals surface area (Å²) in [7, 11) is 0. The molecular formula is C64H72Cl2N8O25. The van der Waals surface area contributed by atoms with Crippen LogP contribution in [0.15, 0.2) is 78.9 Å². The maximum absolute atomic E-state index is 14.5. The molecule has 0 aliphatic carbocycles. The van der Waals surface area contributed by atoms with E-state index in [0.717, 1.165) is 54.6 Å². The highest BCUT2D eigenvalue weighted by Crippen LogP contribution is 2.49. The summed E-state index contributed by atoms with van der Waals surface area (Å²) >= 11 is 13.9. The van der Waals surface area contributed by atoms with Gasteiger partial charge in [-0.05, 0) is 96.1 Å². The molecule has 2 fully saturated rings. The van der Waals surface area contributed by atoms with Crippen molar-refractivity contribution in [1.29, 1.82) is 0 Å². The number of phenolic OH excluding ortho intramolecular Hbond substituents is 3. The van der Waals surface area contributed by atoms with Crippen LogP contribution in [0.25, 0.3) is 11.1 Å². The smallest absolute Gasteiger partial charge is 0.330 e. The number of fused-ring (bicyclic) bond motifs is 13. The van der Waals surface area contributed by atoms with E-state index in [1.54, 1.807) is 0 Å². The van der Waals surface area contributed by atoms with E-state index in [9.17, 15) is 94.5 Å². The Morgan fingerprint density at radius 1 is 0.778 bits per heavy atom. The first-order valence-corrected chi connectivity index (χ1v) is 31.3. The zero-order chi connectivity index (χ0) is 72.4. The van der Waals surface area contributed by atoms with Crippen molar-refractivity contribution < 1.29 is 123 Å². The molecule has 0 saturated carbocycles. The molecule has 5 heterocycles. The fraction of sp³-hybridized carbons (Fsp3) is 0.406. The maximum Gasteiger partial charge on any atom is 0.330 e. The lowest BCUT2D eigenvalue weighted by molar-refractivity contribution is -0.354. The second-order valence-electron chi connectivity index (χ2n) is 24.7. The quantitative estimate of drug-likeness (QED) is 0.0568. The van der Waals surface area contributed by atoms with Crippen LogP contribution in [0.5, 0.6) is 46.0 Å². The number of benzene rings is 5. The normalized spacial score (nSPS) is 27.7. The number of primary amides is 2. The minimum Gasteiger partial charge on any atom is -0.508 e. The van der Waals surface area contributed by atoms with E-state index in [4.69, 9.17) is 68.8 Å². The number of aromatic hydroxyl groups is 3. The fourth-order valence-corrected chi connectivity index (χ4v) is 11.9. The Kier molecular flexibility index (Phi) is 22.8. The zero-order valence-electron chi connectivity index (χ0n) is 52.6. The number of phenols is 3. The highest BCUT2D eigenvalue weighted by molar-refractivity contribution is 6.32. The summed E-state index contributed by atoms with van der Waals surface area (Å²) in [4.78, 5) is 110. The molecule has 0 spiro atoms. The molecule has 0 radical (unpaired) electrons. The van der Waals surface area contributed by atoms with E-state index in [2.05, 4.69) is 26.6 Å². The molecule has 33 nitrogen and oxygen atoms in total. The Morgan fingerprint density at radius 2 is 1.49 bits per heavy atom. The van der Waals surface area contributed by atoms with Gasteiger partial charge in [0.15, 0.2) is 36.2 Å². The summed E-state index contributed by atoms with van der Waals surface area (Å²) in [6, 6.07) is 3.97. The highest BCUT2D eigenvalue weighted by atomic mass is 35.5. The number of nitrogens with one attached hydrogen (secondary N) is 5. The van der Waals surface area contributed by atoms with Gasteiger partial charge in [-0.2, -0.15) is 0 Å². The molecule has 5 aromatic carbocycles. The molecule has 532 valence electrons. The Hall–Kier alpha value is -9.20. The largest absolute Gasteiger partial charge is 0.508 e. The molecule has 6 bridgehead atoms. The lowest BCUT2D eigenvalue weighted by Gasteiger charge is -2.46. The summed E-state index contributed by atoms with van der Waals surface area (Å²) in [5, 5.41) is 133. The minimum atomic E-state index is -2.16. The number of hydrogen-bond acceptors (Lipinski definition) is 25. The molecule has 35 heteroatoms. The van der Waals surface area contributed by atoms with Gasteiger partial charge in [0.05, 0.1) is 29.5 Å². The third kappa shape index (κ3) is 16.8. The van der Waals surface area contributed by atoms with Gasteiger partial charge in [-0.1, -0.05) is 55.2 Å². The Bertz CT molecular complexity index is 3960. The van der Waals surface area contributed by atoms with Gasteiger partial charge in [-0.3, -0.25) is 33.6 Å². The fourth-order valence-electron chi connectivity index (χ4n) is 11.4. The summed E-state index contributed by atoms with van der Waals surface area (Å²) in [5.41, 5.74) is 14.6. The van der Waals surface area contributed by atoms with Crippen molar-refractivity contribution in [2.75, 3.05) is 6.61 Å². The van der Waals surface area contributed by atoms with Gasteiger partial charge in [-0.25, -0.2) is 4.79 Å². The first-order valence-electron chi connectivity index (χ1n) is 30.5. The molecule has 2 saturated heterocycles. The molecule has 16 atom stereocenters. The van der Waals surface area contributed by atoms with Crippen molar-refractivity contribution in [1.82, 2.24) is 26.6 Å². The van der Waals surface area contributed by atoms with Crippen LogP contribution in [-0.4, -0.2) is 183 Å². The van der Waals surface area contributed by atoms with Gasteiger partial charge in [0.1, 0.15) is 89.5 Å². The van der Waals surface area contributed by atoms with Crippen LogP contribution in [0.2, 0.25) is 10.0 Å². The second kappa shape index (κ2) is 30.5.